The van der Waals surface area contributed by atoms with Crippen LogP contribution in [0.3, 0.4) is 0 Å². The summed E-state index contributed by atoms with van der Waals surface area (Å²) in [4.78, 5) is 0. The summed E-state index contributed by atoms with van der Waals surface area (Å²) in [6.45, 7) is 9.69. The topological polar surface area (TPSA) is 24.1 Å². The molecule has 2 aromatic rings. The predicted molar refractivity (Wildman–Crippen MR) is 149 cm³/mol. The Kier molecular flexibility index (Phi) is 10.3. The van der Waals surface area contributed by atoms with E-state index in [1.54, 1.807) is 18.8 Å². The Morgan fingerprint density at radius 2 is 1.25 bits per heavy atom. The number of benzene rings is 2. The number of nitrogens with one attached hydrogen (secondary N) is 2. The fraction of sp³-hybridized carbons (Fsp3) is 0.571. The van der Waals surface area contributed by atoms with Gasteiger partial charge < -0.3 is 0 Å². The van der Waals surface area contributed by atoms with Crippen LogP contribution in [-0.4, -0.2) is 25.4 Å². The summed E-state index contributed by atoms with van der Waals surface area (Å²) in [5.41, 5.74) is 4.25. The van der Waals surface area contributed by atoms with E-state index in [4.69, 9.17) is 0 Å². The average Bonchev–Trinajstić information content (AvgIpc) is 2.82. The summed E-state index contributed by atoms with van der Waals surface area (Å²) in [7, 11) is 0. The van der Waals surface area contributed by atoms with Gasteiger partial charge in [0, 0.05) is 0 Å². The van der Waals surface area contributed by atoms with E-state index in [9.17, 15) is 0 Å². The van der Waals surface area contributed by atoms with E-state index in [2.05, 4.69) is 78.6 Å². The van der Waals surface area contributed by atoms with Crippen molar-refractivity contribution < 1.29 is 0 Å². The maximum absolute atomic E-state index is 3.92. The molecule has 174 valence electrons. The Labute approximate surface area is 202 Å². The second kappa shape index (κ2) is 13.0. The molecule has 3 rings (SSSR count). The summed E-state index contributed by atoms with van der Waals surface area (Å²) in [6, 6.07) is 13.4. The van der Waals surface area contributed by atoms with Crippen LogP contribution in [0, 0.1) is 0 Å². The first-order valence-electron chi connectivity index (χ1n) is 13.4. The minimum absolute atomic E-state index is 0.239. The number of hydrogen-bond donors (Lipinski definition) is 2. The van der Waals surface area contributed by atoms with Gasteiger partial charge in [0.1, 0.15) is 0 Å². The zero-order chi connectivity index (χ0) is 22.8. The van der Waals surface area contributed by atoms with Crippen molar-refractivity contribution in [1.82, 2.24) is 0 Å². The van der Waals surface area contributed by atoms with Crippen LogP contribution in [0.25, 0.3) is 10.8 Å². The van der Waals surface area contributed by atoms with Crippen LogP contribution in [0.2, 0.25) is 13.3 Å². The molecule has 1 heterocycles. The monoisotopic (exact) mass is 540 g/mol. The van der Waals surface area contributed by atoms with Gasteiger partial charge in [0.05, 0.1) is 0 Å². The van der Waals surface area contributed by atoms with Crippen molar-refractivity contribution in [3.8, 4) is 0 Å². The quantitative estimate of drug-likeness (QED) is 0.234. The standard InChI is InChI=1S/C16H18BN2.3C4H9.Sn/c1-3-4-7-12(2)17-18-14-10-5-8-13-9-6-11-15(19-17)16(13)14;3*1-3-4-2;/h2,5-6,8-11,18-19H,3-4,7H2,1H3;3*1,3-4H2,2H3;. The molecule has 0 amide bonds. The van der Waals surface area contributed by atoms with E-state index >= 15 is 0 Å². The van der Waals surface area contributed by atoms with Crippen LogP contribution in [0.5, 0.6) is 0 Å². The zero-order valence-electron chi connectivity index (χ0n) is 21.1. The Bertz CT molecular complexity index is 816. The fourth-order valence-electron chi connectivity index (χ4n) is 5.37. The number of anilines is 2. The van der Waals surface area contributed by atoms with Crippen molar-refractivity contribution >= 4 is 47.5 Å². The van der Waals surface area contributed by atoms with Gasteiger partial charge in [0.25, 0.3) is 0 Å². The Morgan fingerprint density at radius 1 is 0.750 bits per heavy atom. The first-order valence-corrected chi connectivity index (χ1v) is 21.1. The van der Waals surface area contributed by atoms with Crippen LogP contribution >= 0.6 is 0 Å². The molecule has 1 aliphatic rings. The molecule has 32 heavy (non-hydrogen) atoms. The number of allylic oxidation sites excluding steroid dienone is 1. The van der Waals surface area contributed by atoms with Gasteiger partial charge in [-0.15, -0.1) is 0 Å². The van der Waals surface area contributed by atoms with E-state index in [0.29, 0.717) is 0 Å². The van der Waals surface area contributed by atoms with Crippen molar-refractivity contribution in [2.24, 2.45) is 0 Å². The summed E-state index contributed by atoms with van der Waals surface area (Å²) in [5.74, 6) is 0. The summed E-state index contributed by atoms with van der Waals surface area (Å²) < 4.78 is 7.59. The van der Waals surface area contributed by atoms with E-state index < -0.39 is 18.4 Å². The second-order valence-electron chi connectivity index (χ2n) is 9.93. The molecular weight excluding hydrogens is 494 g/mol. The molecule has 0 aromatic heterocycles. The summed E-state index contributed by atoms with van der Waals surface area (Å²) in [6.07, 6.45) is 12.1. The van der Waals surface area contributed by atoms with Crippen LogP contribution in [0.1, 0.15) is 85.5 Å². The molecule has 0 unspecified atom stereocenters. The van der Waals surface area contributed by atoms with Gasteiger partial charge in [0.15, 0.2) is 0 Å². The van der Waals surface area contributed by atoms with Gasteiger partial charge in [-0.05, 0) is 0 Å². The SMILES string of the molecule is CCCC/C(=[CH]/[Sn]([CH2]CCC)([CH2]CCC)[CH2]CCC)B1Nc2cccc3cccc(c23)N1. The molecule has 0 atom stereocenters. The van der Waals surface area contributed by atoms with Crippen molar-refractivity contribution in [2.45, 2.75) is 98.8 Å². The third-order valence-corrected chi connectivity index (χ3v) is 21.6. The maximum atomic E-state index is 3.92. The molecular formula is C28H45BN2Sn. The Morgan fingerprint density at radius 3 is 1.72 bits per heavy atom. The molecule has 0 spiro atoms. The molecule has 2 aromatic carbocycles. The van der Waals surface area contributed by atoms with Crippen molar-refractivity contribution in [3.63, 3.8) is 0 Å². The minimum atomic E-state index is -2.37. The van der Waals surface area contributed by atoms with Gasteiger partial charge in [-0.25, -0.2) is 0 Å². The number of rotatable bonds is 14. The molecule has 1 aliphatic heterocycles. The van der Waals surface area contributed by atoms with E-state index in [0.717, 1.165) is 0 Å². The normalized spacial score (nSPS) is 13.9. The predicted octanol–water partition coefficient (Wildman–Crippen LogP) is 9.21. The Balaban J connectivity index is 1.98. The third-order valence-electron chi connectivity index (χ3n) is 7.27. The fourth-order valence-corrected chi connectivity index (χ4v) is 20.9. The third kappa shape index (κ3) is 6.49. The van der Waals surface area contributed by atoms with Gasteiger partial charge in [-0.3, -0.25) is 0 Å². The van der Waals surface area contributed by atoms with Crippen molar-refractivity contribution in [3.05, 3.63) is 46.0 Å². The summed E-state index contributed by atoms with van der Waals surface area (Å²) >= 11 is -2.37. The van der Waals surface area contributed by atoms with Gasteiger partial charge in [-0.1, -0.05) is 0 Å². The molecule has 2 N–H and O–H groups in total. The molecule has 0 fully saturated rings. The average molecular weight is 539 g/mol. The Hall–Kier alpha value is -1.10. The first-order chi connectivity index (χ1) is 15.7. The molecule has 4 heteroatoms. The molecule has 0 bridgehead atoms. The number of hydrogen-bond acceptors (Lipinski definition) is 2. The number of unbranched alkanes of at least 4 members (excludes halogenated alkanes) is 4. The van der Waals surface area contributed by atoms with Crippen LogP contribution in [0.4, 0.5) is 11.4 Å². The zero-order valence-corrected chi connectivity index (χ0v) is 24.0. The molecule has 0 saturated heterocycles. The molecule has 0 saturated carbocycles. The van der Waals surface area contributed by atoms with E-state index in [-0.39, 0.29) is 6.98 Å². The van der Waals surface area contributed by atoms with Gasteiger partial charge >= 0.3 is 203 Å². The molecule has 2 nitrogen and oxygen atoms in total. The van der Waals surface area contributed by atoms with Crippen LogP contribution in [0.15, 0.2) is 46.0 Å². The van der Waals surface area contributed by atoms with Crippen LogP contribution in [-0.2, 0) is 0 Å². The van der Waals surface area contributed by atoms with Crippen LogP contribution < -0.4 is 10.5 Å². The summed E-state index contributed by atoms with van der Waals surface area (Å²) in [5, 5.41) is 10.5. The van der Waals surface area contributed by atoms with E-state index in [1.807, 2.05) is 0 Å². The second-order valence-corrected chi connectivity index (χ2v) is 22.8. The molecule has 0 aliphatic carbocycles. The first kappa shape index (κ1) is 25.5. The van der Waals surface area contributed by atoms with Gasteiger partial charge in [0.2, 0.25) is 0 Å². The van der Waals surface area contributed by atoms with Crippen molar-refractivity contribution in [1.29, 1.82) is 0 Å². The van der Waals surface area contributed by atoms with Gasteiger partial charge in [-0.2, -0.15) is 0 Å². The molecule has 0 radical (unpaired) electrons. The van der Waals surface area contributed by atoms with Crippen molar-refractivity contribution in [2.75, 3.05) is 10.5 Å². The van der Waals surface area contributed by atoms with E-state index in [1.165, 1.54) is 79.9 Å².